The summed E-state index contributed by atoms with van der Waals surface area (Å²) in [6.45, 7) is -1.68. The molecule has 0 aromatic heterocycles. The second-order valence-corrected chi connectivity index (χ2v) is 7.27. The summed E-state index contributed by atoms with van der Waals surface area (Å²) < 4.78 is 70.7. The highest BCUT2D eigenvalue weighted by atomic mass is 28.2. The van der Waals surface area contributed by atoms with E-state index in [4.69, 9.17) is 14.6 Å². The molecule has 0 radical (unpaired) electrons. The minimum Gasteiger partial charge on any atom is -0.379 e. The molecule has 3 nitrogen and oxygen atoms in total. The van der Waals surface area contributed by atoms with Crippen LogP contribution in [0, 0.1) is 29.1 Å². The molecule has 1 rings (SSSR count). The maximum Gasteiger partial charge on any atom is 0.256 e. The molecule has 0 bridgehead atoms. The fourth-order valence-electron chi connectivity index (χ4n) is 2.52. The lowest BCUT2D eigenvalue weighted by atomic mass is 10.0. The van der Waals surface area contributed by atoms with E-state index < -0.39 is 50.9 Å². The van der Waals surface area contributed by atoms with Gasteiger partial charge in [-0.2, -0.15) is 0 Å². The van der Waals surface area contributed by atoms with Crippen molar-refractivity contribution in [1.82, 2.24) is 0 Å². The summed E-state index contributed by atoms with van der Waals surface area (Å²) in [5.74, 6) is -9.39. The third-order valence-electron chi connectivity index (χ3n) is 3.89. The summed E-state index contributed by atoms with van der Waals surface area (Å²) in [4.78, 5) is 0. The van der Waals surface area contributed by atoms with Gasteiger partial charge in [0.1, 0.15) is 0 Å². The number of halogens is 5. The van der Waals surface area contributed by atoms with Crippen LogP contribution in [-0.4, -0.2) is 26.5 Å². The minimum atomic E-state index is -2.12. The van der Waals surface area contributed by atoms with Crippen molar-refractivity contribution in [2.24, 2.45) is 0 Å². The molecule has 1 aromatic carbocycles. The average Bonchev–Trinajstić information content (AvgIpc) is 2.58. The number of hydrogen-bond donors (Lipinski definition) is 2. The fraction of sp³-hybridized carbons (Fsp3) is 0.625. The van der Waals surface area contributed by atoms with Crippen molar-refractivity contribution < 1.29 is 36.6 Å². The van der Waals surface area contributed by atoms with Crippen LogP contribution >= 0.6 is 0 Å². The van der Waals surface area contributed by atoms with Gasteiger partial charge in [0.05, 0.1) is 0 Å². The maximum absolute atomic E-state index is 13.5. The first-order chi connectivity index (χ1) is 11.9. The van der Waals surface area contributed by atoms with Crippen molar-refractivity contribution in [3.8, 4) is 0 Å². The van der Waals surface area contributed by atoms with Gasteiger partial charge in [-0.15, -0.1) is 0 Å². The second-order valence-electron chi connectivity index (χ2n) is 5.82. The van der Waals surface area contributed by atoms with Gasteiger partial charge in [0.25, 0.3) is 6.48 Å². The Morgan fingerprint density at radius 2 is 1.12 bits per heavy atom. The van der Waals surface area contributed by atoms with Crippen molar-refractivity contribution >= 4 is 9.76 Å². The zero-order valence-electron chi connectivity index (χ0n) is 13.8. The smallest absolute Gasteiger partial charge is 0.256 e. The van der Waals surface area contributed by atoms with Gasteiger partial charge in [0.2, 0.25) is 5.82 Å². The molecular formula is C16H23F5O3Si. The Morgan fingerprint density at radius 3 is 1.64 bits per heavy atom. The van der Waals surface area contributed by atoms with Crippen LogP contribution in [0.2, 0.25) is 6.04 Å². The van der Waals surface area contributed by atoms with Crippen LogP contribution < -0.4 is 0 Å². The predicted molar refractivity (Wildman–Crippen MR) is 84.9 cm³/mol. The highest BCUT2D eigenvalue weighted by molar-refractivity contribution is 6.26. The van der Waals surface area contributed by atoms with Crippen LogP contribution in [0.4, 0.5) is 22.0 Å². The van der Waals surface area contributed by atoms with Gasteiger partial charge in [-0.25, -0.2) is 22.0 Å². The first-order valence-corrected chi connectivity index (χ1v) is 9.92. The van der Waals surface area contributed by atoms with Crippen molar-refractivity contribution in [2.75, 3.05) is 0 Å². The number of rotatable bonds is 12. The van der Waals surface area contributed by atoms with Gasteiger partial charge in [-0.3, -0.25) is 0 Å². The van der Waals surface area contributed by atoms with E-state index >= 15 is 0 Å². The van der Waals surface area contributed by atoms with Crippen LogP contribution in [-0.2, 0) is 10.8 Å². The Kier molecular flexibility index (Phi) is 10.2. The van der Waals surface area contributed by atoms with Crippen molar-refractivity contribution in [3.05, 3.63) is 34.6 Å². The number of unbranched alkanes of at least 4 members (excludes halogenated alkanes) is 6. The zero-order valence-corrected chi connectivity index (χ0v) is 15.3. The Morgan fingerprint density at radius 1 is 0.680 bits per heavy atom. The van der Waals surface area contributed by atoms with Gasteiger partial charge < -0.3 is 14.6 Å². The molecule has 0 aliphatic heterocycles. The van der Waals surface area contributed by atoms with Crippen LogP contribution in [0.5, 0.6) is 0 Å². The number of benzene rings is 1. The Labute approximate surface area is 145 Å². The highest BCUT2D eigenvalue weighted by Crippen LogP contribution is 2.24. The first kappa shape index (κ1) is 22.0. The van der Waals surface area contributed by atoms with Gasteiger partial charge in [0, 0.05) is 5.56 Å². The molecule has 0 saturated heterocycles. The van der Waals surface area contributed by atoms with Gasteiger partial charge in [-0.1, -0.05) is 38.5 Å². The number of aliphatic hydroxyl groups is 2. The normalized spacial score (nSPS) is 12.0. The summed E-state index contributed by atoms with van der Waals surface area (Å²) in [6, 6.07) is 0.859. The number of hydrogen-bond acceptors (Lipinski definition) is 3. The third-order valence-corrected chi connectivity index (χ3v) is 5.21. The molecule has 0 heterocycles. The van der Waals surface area contributed by atoms with Crippen molar-refractivity contribution in [3.63, 3.8) is 0 Å². The van der Waals surface area contributed by atoms with E-state index in [1.165, 1.54) is 0 Å². The minimum absolute atomic E-state index is 0.182. The standard InChI is InChI=1S/C16H23F5O3Si/c17-11-10(12(18)14(20)15(21)13(11)19)8-6-4-2-1-3-5-7-9-25-24-16(22)23/h16,22-23H,1-9,25H2. The SMILES string of the molecule is OC(O)O[SiH2]CCCCCCCCCc1c(F)c(F)c(F)c(F)c1F. The first-order valence-electron chi connectivity index (χ1n) is 8.34. The summed E-state index contributed by atoms with van der Waals surface area (Å²) >= 11 is 0. The van der Waals surface area contributed by atoms with E-state index in [0.29, 0.717) is 12.8 Å². The van der Waals surface area contributed by atoms with Gasteiger partial charge in [-0.05, 0) is 18.9 Å². The fourth-order valence-corrected chi connectivity index (χ4v) is 3.46. The number of aliphatic hydroxyl groups excluding tert-OH is 1. The van der Waals surface area contributed by atoms with Crippen molar-refractivity contribution in [2.45, 2.75) is 63.9 Å². The summed E-state index contributed by atoms with van der Waals surface area (Å²) in [5.41, 5.74) is -0.743. The monoisotopic (exact) mass is 386 g/mol. The largest absolute Gasteiger partial charge is 0.379 e. The molecule has 0 saturated carbocycles. The Bertz CT molecular complexity index is 514. The van der Waals surface area contributed by atoms with Gasteiger partial charge >= 0.3 is 0 Å². The summed E-state index contributed by atoms with van der Waals surface area (Å²) in [7, 11) is -0.890. The van der Waals surface area contributed by atoms with Crippen LogP contribution in [0.25, 0.3) is 0 Å². The van der Waals surface area contributed by atoms with E-state index in [1.807, 2.05) is 0 Å². The highest BCUT2D eigenvalue weighted by Gasteiger charge is 2.24. The van der Waals surface area contributed by atoms with Crippen LogP contribution in [0.1, 0.15) is 50.5 Å². The summed E-state index contributed by atoms with van der Waals surface area (Å²) in [6.07, 6.45) is 5.46. The molecule has 144 valence electrons. The predicted octanol–water partition coefficient (Wildman–Crippen LogP) is 3.44. The van der Waals surface area contributed by atoms with Crippen LogP contribution in [0.15, 0.2) is 0 Å². The van der Waals surface area contributed by atoms with Crippen LogP contribution in [0.3, 0.4) is 0 Å². The lowest BCUT2D eigenvalue weighted by molar-refractivity contribution is -0.180. The van der Waals surface area contributed by atoms with E-state index in [9.17, 15) is 22.0 Å². The maximum atomic E-state index is 13.5. The van der Waals surface area contributed by atoms with Gasteiger partial charge in [0.15, 0.2) is 33.0 Å². The Hall–Kier alpha value is -1.03. The molecule has 0 fully saturated rings. The summed E-state index contributed by atoms with van der Waals surface area (Å²) in [5, 5.41) is 17.0. The molecule has 0 atom stereocenters. The topological polar surface area (TPSA) is 49.7 Å². The molecule has 0 unspecified atom stereocenters. The van der Waals surface area contributed by atoms with E-state index in [2.05, 4.69) is 0 Å². The Balaban J connectivity index is 2.17. The zero-order chi connectivity index (χ0) is 18.8. The molecule has 0 amide bonds. The molecule has 0 aliphatic carbocycles. The molecule has 0 spiro atoms. The quantitative estimate of drug-likeness (QED) is 0.145. The molecular weight excluding hydrogens is 363 g/mol. The van der Waals surface area contributed by atoms with Crippen molar-refractivity contribution in [1.29, 1.82) is 0 Å². The molecule has 1 aromatic rings. The average molecular weight is 386 g/mol. The molecule has 2 N–H and O–H groups in total. The lowest BCUT2D eigenvalue weighted by Crippen LogP contribution is -2.12. The van der Waals surface area contributed by atoms with E-state index in [1.54, 1.807) is 0 Å². The molecule has 25 heavy (non-hydrogen) atoms. The molecule has 9 heteroatoms. The molecule has 0 aliphatic rings. The third kappa shape index (κ3) is 7.39. The van der Waals surface area contributed by atoms with E-state index in [-0.39, 0.29) is 6.42 Å². The van der Waals surface area contributed by atoms with E-state index in [0.717, 1.165) is 38.1 Å². The lowest BCUT2D eigenvalue weighted by Gasteiger charge is -2.08. The second kappa shape index (κ2) is 11.6.